The topological polar surface area (TPSA) is 83.8 Å². The van der Waals surface area contributed by atoms with Gasteiger partial charge in [0, 0.05) is 24.2 Å². The predicted molar refractivity (Wildman–Crippen MR) is 109 cm³/mol. The van der Waals surface area contributed by atoms with Gasteiger partial charge in [0.05, 0.1) is 12.3 Å². The molecule has 1 aromatic heterocycles. The highest BCUT2D eigenvalue weighted by Gasteiger charge is 2.29. The number of likely N-dealkylation sites (tertiary alicyclic amines) is 1. The highest BCUT2D eigenvalue weighted by Crippen LogP contribution is 2.30. The molecule has 29 heavy (non-hydrogen) atoms. The minimum Gasteiger partial charge on any atom is -0.484 e. The maximum atomic E-state index is 12.3. The molecular weight excluding hydrogens is 370 g/mol. The van der Waals surface area contributed by atoms with Gasteiger partial charge in [0.15, 0.2) is 6.61 Å². The molecule has 2 fully saturated rings. The number of hydrogen-bond donors (Lipinski definition) is 2. The molecule has 0 spiro atoms. The number of benzene rings is 1. The lowest BCUT2D eigenvalue weighted by atomic mass is 10.2. The van der Waals surface area contributed by atoms with Crippen LogP contribution >= 0.6 is 0 Å². The summed E-state index contributed by atoms with van der Waals surface area (Å²) >= 11 is 0. The van der Waals surface area contributed by atoms with Crippen LogP contribution in [0.25, 0.3) is 0 Å². The van der Waals surface area contributed by atoms with Gasteiger partial charge in [-0.3, -0.25) is 14.5 Å². The van der Waals surface area contributed by atoms with Gasteiger partial charge in [-0.25, -0.2) is 0 Å². The minimum absolute atomic E-state index is 0.0393. The second-order valence-corrected chi connectivity index (χ2v) is 7.66. The van der Waals surface area contributed by atoms with Crippen molar-refractivity contribution in [1.82, 2.24) is 10.2 Å². The molecule has 4 rings (SSSR count). The number of hydrogen-bond acceptors (Lipinski definition) is 5. The van der Waals surface area contributed by atoms with E-state index in [9.17, 15) is 9.59 Å². The fourth-order valence-electron chi connectivity index (χ4n) is 3.61. The van der Waals surface area contributed by atoms with Gasteiger partial charge in [-0.05, 0) is 63.0 Å². The van der Waals surface area contributed by atoms with Crippen LogP contribution in [0.4, 0.5) is 5.69 Å². The number of ether oxygens (including phenoxy) is 1. The summed E-state index contributed by atoms with van der Waals surface area (Å²) in [5.41, 5.74) is 0.687. The zero-order chi connectivity index (χ0) is 20.1. The number of rotatable bonds is 9. The second-order valence-electron chi connectivity index (χ2n) is 7.66. The summed E-state index contributed by atoms with van der Waals surface area (Å²) in [5.74, 6) is 1.42. The van der Waals surface area contributed by atoms with Gasteiger partial charge in [0.1, 0.15) is 11.5 Å². The molecule has 7 heteroatoms. The van der Waals surface area contributed by atoms with Crippen molar-refractivity contribution in [3.8, 4) is 5.75 Å². The maximum Gasteiger partial charge on any atom is 0.258 e. The molecule has 2 N–H and O–H groups in total. The summed E-state index contributed by atoms with van der Waals surface area (Å²) in [7, 11) is 0. The van der Waals surface area contributed by atoms with Gasteiger partial charge in [-0.1, -0.05) is 6.07 Å². The van der Waals surface area contributed by atoms with Crippen LogP contribution in [0.15, 0.2) is 47.1 Å². The number of anilines is 1. The molecule has 2 heterocycles. The average molecular weight is 397 g/mol. The SMILES string of the molecule is O=C(COc1cccc(NC(=O)C2CC2)c1)NCC(c1ccco1)N1CCCC1. The Kier molecular flexibility index (Phi) is 6.14. The number of amides is 2. The van der Waals surface area contributed by atoms with Crippen molar-refractivity contribution in [1.29, 1.82) is 0 Å². The summed E-state index contributed by atoms with van der Waals surface area (Å²) in [6.45, 7) is 2.42. The quantitative estimate of drug-likeness (QED) is 0.680. The van der Waals surface area contributed by atoms with E-state index in [1.807, 2.05) is 18.2 Å². The van der Waals surface area contributed by atoms with Gasteiger partial charge in [0.2, 0.25) is 5.91 Å². The van der Waals surface area contributed by atoms with E-state index in [2.05, 4.69) is 15.5 Å². The van der Waals surface area contributed by atoms with Crippen molar-refractivity contribution in [3.63, 3.8) is 0 Å². The lowest BCUT2D eigenvalue weighted by molar-refractivity contribution is -0.123. The van der Waals surface area contributed by atoms with Crippen molar-refractivity contribution in [2.75, 3.05) is 31.6 Å². The molecule has 1 unspecified atom stereocenters. The summed E-state index contributed by atoms with van der Waals surface area (Å²) in [5, 5.41) is 5.84. The summed E-state index contributed by atoms with van der Waals surface area (Å²) < 4.78 is 11.2. The highest BCUT2D eigenvalue weighted by atomic mass is 16.5. The van der Waals surface area contributed by atoms with Crippen LogP contribution in [-0.2, 0) is 9.59 Å². The molecule has 7 nitrogen and oxygen atoms in total. The first-order chi connectivity index (χ1) is 14.2. The summed E-state index contributed by atoms with van der Waals surface area (Å²) in [6, 6.07) is 11.0. The number of furan rings is 1. The zero-order valence-electron chi connectivity index (χ0n) is 16.4. The van der Waals surface area contributed by atoms with Crippen molar-refractivity contribution in [2.24, 2.45) is 5.92 Å². The van der Waals surface area contributed by atoms with E-state index < -0.39 is 0 Å². The first-order valence-corrected chi connectivity index (χ1v) is 10.3. The Bertz CT molecular complexity index is 826. The Labute approximate surface area is 170 Å². The lowest BCUT2D eigenvalue weighted by Crippen LogP contribution is -2.38. The normalized spacial score (nSPS) is 17.7. The van der Waals surface area contributed by atoms with Crippen LogP contribution in [0.5, 0.6) is 5.75 Å². The van der Waals surface area contributed by atoms with Crippen LogP contribution in [0.1, 0.15) is 37.5 Å². The van der Waals surface area contributed by atoms with E-state index in [0.717, 1.165) is 31.7 Å². The van der Waals surface area contributed by atoms with E-state index in [-0.39, 0.29) is 30.4 Å². The highest BCUT2D eigenvalue weighted by molar-refractivity contribution is 5.94. The third kappa shape index (κ3) is 5.38. The lowest BCUT2D eigenvalue weighted by Gasteiger charge is -2.26. The first kappa shape index (κ1) is 19.5. The van der Waals surface area contributed by atoms with E-state index in [4.69, 9.17) is 9.15 Å². The maximum absolute atomic E-state index is 12.3. The molecule has 0 bridgehead atoms. The molecule has 2 aliphatic rings. The van der Waals surface area contributed by atoms with Crippen molar-refractivity contribution < 1.29 is 18.7 Å². The fraction of sp³-hybridized carbons (Fsp3) is 0.455. The number of nitrogens with zero attached hydrogens (tertiary/aromatic N) is 1. The predicted octanol–water partition coefficient (Wildman–Crippen LogP) is 2.96. The third-order valence-corrected chi connectivity index (χ3v) is 5.37. The number of carbonyl (C=O) groups excluding carboxylic acids is 2. The monoisotopic (exact) mass is 397 g/mol. The molecule has 1 saturated heterocycles. The molecule has 2 amide bonds. The standard InChI is InChI=1S/C22H27N3O4/c26-21(23-14-19(20-7-4-12-28-20)25-10-1-2-11-25)15-29-18-6-3-5-17(13-18)24-22(27)16-8-9-16/h3-7,12-13,16,19H,1-2,8-11,14-15H2,(H,23,26)(H,24,27). The Morgan fingerprint density at radius 2 is 2.00 bits per heavy atom. The Balaban J connectivity index is 1.26. The molecule has 1 aliphatic heterocycles. The van der Waals surface area contributed by atoms with Crippen molar-refractivity contribution in [3.05, 3.63) is 48.4 Å². The van der Waals surface area contributed by atoms with Crippen LogP contribution in [0, 0.1) is 5.92 Å². The van der Waals surface area contributed by atoms with Gasteiger partial charge >= 0.3 is 0 Å². The largest absolute Gasteiger partial charge is 0.484 e. The Hall–Kier alpha value is -2.80. The Morgan fingerprint density at radius 1 is 1.17 bits per heavy atom. The smallest absolute Gasteiger partial charge is 0.258 e. The second kappa shape index (κ2) is 9.13. The van der Waals surface area contributed by atoms with Crippen molar-refractivity contribution >= 4 is 17.5 Å². The van der Waals surface area contributed by atoms with Gasteiger partial charge < -0.3 is 19.8 Å². The van der Waals surface area contributed by atoms with Crippen LogP contribution in [0.3, 0.4) is 0 Å². The molecule has 1 aromatic carbocycles. The van der Waals surface area contributed by atoms with Crippen LogP contribution in [-0.4, -0.2) is 43.0 Å². The van der Waals surface area contributed by atoms with E-state index in [1.165, 1.54) is 12.8 Å². The molecule has 1 aliphatic carbocycles. The molecule has 2 aromatic rings. The molecule has 1 atom stereocenters. The number of nitrogens with one attached hydrogen (secondary N) is 2. The fourth-order valence-corrected chi connectivity index (χ4v) is 3.61. The number of carbonyl (C=O) groups is 2. The molecule has 1 saturated carbocycles. The molecule has 154 valence electrons. The van der Waals surface area contributed by atoms with Crippen LogP contribution < -0.4 is 15.4 Å². The minimum atomic E-state index is -0.187. The van der Waals surface area contributed by atoms with Gasteiger partial charge in [0.25, 0.3) is 5.91 Å². The van der Waals surface area contributed by atoms with Gasteiger partial charge in [-0.2, -0.15) is 0 Å². The van der Waals surface area contributed by atoms with E-state index in [1.54, 1.807) is 24.5 Å². The third-order valence-electron chi connectivity index (χ3n) is 5.37. The van der Waals surface area contributed by atoms with E-state index in [0.29, 0.717) is 18.0 Å². The first-order valence-electron chi connectivity index (χ1n) is 10.3. The summed E-state index contributed by atoms with van der Waals surface area (Å²) in [4.78, 5) is 26.5. The van der Waals surface area contributed by atoms with Gasteiger partial charge in [-0.15, -0.1) is 0 Å². The summed E-state index contributed by atoms with van der Waals surface area (Å²) in [6.07, 6.45) is 5.92. The Morgan fingerprint density at radius 3 is 2.72 bits per heavy atom. The average Bonchev–Trinajstić information content (AvgIpc) is 3.19. The zero-order valence-corrected chi connectivity index (χ0v) is 16.4. The van der Waals surface area contributed by atoms with Crippen molar-refractivity contribution in [2.45, 2.75) is 31.7 Å². The van der Waals surface area contributed by atoms with Crippen LogP contribution in [0.2, 0.25) is 0 Å². The van der Waals surface area contributed by atoms with E-state index >= 15 is 0 Å². The molecule has 0 radical (unpaired) electrons. The molecular formula is C22H27N3O4.